The Morgan fingerprint density at radius 3 is 2.25 bits per heavy atom. The molecule has 0 saturated carbocycles. The molecule has 2 aromatic rings. The molecule has 8 nitrogen and oxygen atoms in total. The van der Waals surface area contributed by atoms with Gasteiger partial charge in [-0.15, -0.1) is 0 Å². The molecule has 1 heterocycles. The third kappa shape index (κ3) is 4.80. The standard InChI is InChI=1S/C24H28N2O6/c1-5-12-32-22-17(29-3)13-16(14-18(22)30-4)21-19(23(27)31-6-2)20(25-24(28)26-21)15-10-8-7-9-11-15/h7-11,13-14,21H,5-6,12H2,1-4H3,(H2,25,26,28). The fourth-order valence-corrected chi connectivity index (χ4v) is 3.49. The molecule has 0 spiro atoms. The van der Waals surface area contributed by atoms with Crippen LogP contribution in [0.25, 0.3) is 5.70 Å². The van der Waals surface area contributed by atoms with Crippen LogP contribution in [0, 0.1) is 0 Å². The van der Waals surface area contributed by atoms with Crippen molar-refractivity contribution in [2.24, 2.45) is 0 Å². The number of carbonyl (C=O) groups excluding carboxylic acids is 2. The molecule has 170 valence electrons. The first-order valence-corrected chi connectivity index (χ1v) is 10.5. The van der Waals surface area contributed by atoms with E-state index in [2.05, 4.69) is 10.6 Å². The normalized spacial score (nSPS) is 15.5. The maximum Gasteiger partial charge on any atom is 0.338 e. The lowest BCUT2D eigenvalue weighted by molar-refractivity contribution is -0.138. The van der Waals surface area contributed by atoms with E-state index in [-0.39, 0.29) is 12.2 Å². The number of urea groups is 1. The van der Waals surface area contributed by atoms with Gasteiger partial charge in [0.25, 0.3) is 0 Å². The maximum absolute atomic E-state index is 13.0. The van der Waals surface area contributed by atoms with Gasteiger partial charge in [-0.2, -0.15) is 0 Å². The fourth-order valence-electron chi connectivity index (χ4n) is 3.49. The van der Waals surface area contributed by atoms with Gasteiger partial charge in [0.1, 0.15) is 0 Å². The summed E-state index contributed by atoms with van der Waals surface area (Å²) in [6.45, 7) is 4.42. The van der Waals surface area contributed by atoms with Crippen molar-refractivity contribution in [2.75, 3.05) is 27.4 Å². The SMILES string of the molecule is CCCOc1c(OC)cc(C2NC(=O)NC(c3ccccc3)=C2C(=O)OCC)cc1OC. The minimum atomic E-state index is -0.791. The van der Waals surface area contributed by atoms with Crippen molar-refractivity contribution in [3.63, 3.8) is 0 Å². The smallest absolute Gasteiger partial charge is 0.338 e. The molecule has 0 radical (unpaired) electrons. The average molecular weight is 440 g/mol. The quantitative estimate of drug-likeness (QED) is 0.576. The molecular weight excluding hydrogens is 412 g/mol. The van der Waals surface area contributed by atoms with Gasteiger partial charge < -0.3 is 29.6 Å². The second kappa shape index (κ2) is 10.6. The number of hydrogen-bond acceptors (Lipinski definition) is 6. The third-order valence-electron chi connectivity index (χ3n) is 4.90. The summed E-state index contributed by atoms with van der Waals surface area (Å²) in [7, 11) is 3.05. The highest BCUT2D eigenvalue weighted by Gasteiger charge is 2.35. The fraction of sp³-hybridized carbons (Fsp3) is 0.333. The van der Waals surface area contributed by atoms with Gasteiger partial charge in [-0.05, 0) is 36.6 Å². The summed E-state index contributed by atoms with van der Waals surface area (Å²) >= 11 is 0. The van der Waals surface area contributed by atoms with E-state index in [1.54, 1.807) is 19.1 Å². The van der Waals surface area contributed by atoms with Gasteiger partial charge in [0, 0.05) is 0 Å². The Kier molecular flexibility index (Phi) is 7.59. The van der Waals surface area contributed by atoms with Crippen LogP contribution in [-0.4, -0.2) is 39.4 Å². The number of methoxy groups -OCH3 is 2. The Morgan fingerprint density at radius 2 is 1.69 bits per heavy atom. The van der Waals surface area contributed by atoms with Crippen LogP contribution in [0.1, 0.15) is 37.4 Å². The van der Waals surface area contributed by atoms with Crippen LogP contribution in [0.4, 0.5) is 4.79 Å². The summed E-state index contributed by atoms with van der Waals surface area (Å²) in [4.78, 5) is 25.6. The van der Waals surface area contributed by atoms with Crippen molar-refractivity contribution >= 4 is 17.7 Å². The van der Waals surface area contributed by atoms with Crippen LogP contribution in [0.5, 0.6) is 17.2 Å². The minimum Gasteiger partial charge on any atom is -0.493 e. The zero-order chi connectivity index (χ0) is 23.1. The molecule has 0 aromatic heterocycles. The highest BCUT2D eigenvalue weighted by Crippen LogP contribution is 2.42. The van der Waals surface area contributed by atoms with Crippen molar-refractivity contribution in [1.82, 2.24) is 10.6 Å². The lowest BCUT2D eigenvalue weighted by Crippen LogP contribution is -2.45. The van der Waals surface area contributed by atoms with Gasteiger partial charge >= 0.3 is 12.0 Å². The monoisotopic (exact) mass is 440 g/mol. The number of esters is 1. The van der Waals surface area contributed by atoms with E-state index < -0.39 is 18.0 Å². The predicted molar refractivity (Wildman–Crippen MR) is 120 cm³/mol. The largest absolute Gasteiger partial charge is 0.493 e. The molecule has 2 aromatic carbocycles. The topological polar surface area (TPSA) is 95.1 Å². The van der Waals surface area contributed by atoms with Crippen LogP contribution in [0.2, 0.25) is 0 Å². The average Bonchev–Trinajstić information content (AvgIpc) is 2.82. The van der Waals surface area contributed by atoms with Crippen molar-refractivity contribution in [1.29, 1.82) is 0 Å². The van der Waals surface area contributed by atoms with Crippen molar-refractivity contribution in [3.05, 3.63) is 59.2 Å². The second-order valence-electron chi connectivity index (χ2n) is 7.01. The van der Waals surface area contributed by atoms with Crippen molar-refractivity contribution in [3.8, 4) is 17.2 Å². The molecule has 0 fully saturated rings. The van der Waals surface area contributed by atoms with E-state index in [1.165, 1.54) is 14.2 Å². The van der Waals surface area contributed by atoms with E-state index in [4.69, 9.17) is 18.9 Å². The van der Waals surface area contributed by atoms with Crippen LogP contribution in [-0.2, 0) is 9.53 Å². The molecule has 0 saturated heterocycles. The summed E-state index contributed by atoms with van der Waals surface area (Å²) in [5.74, 6) is 0.800. The summed E-state index contributed by atoms with van der Waals surface area (Å²) in [5.41, 5.74) is 1.96. The van der Waals surface area contributed by atoms with Crippen LogP contribution < -0.4 is 24.8 Å². The number of rotatable bonds is 9. The van der Waals surface area contributed by atoms with E-state index in [0.29, 0.717) is 40.7 Å². The molecule has 8 heteroatoms. The van der Waals surface area contributed by atoms with Gasteiger partial charge in [0.05, 0.1) is 44.7 Å². The lowest BCUT2D eigenvalue weighted by Gasteiger charge is -2.30. The molecule has 1 atom stereocenters. The van der Waals surface area contributed by atoms with Gasteiger partial charge in [0.2, 0.25) is 5.75 Å². The summed E-state index contributed by atoms with van der Waals surface area (Å²) < 4.78 is 22.2. The van der Waals surface area contributed by atoms with Gasteiger partial charge in [0.15, 0.2) is 11.5 Å². The zero-order valence-corrected chi connectivity index (χ0v) is 18.7. The minimum absolute atomic E-state index is 0.196. The van der Waals surface area contributed by atoms with Gasteiger partial charge in [-0.1, -0.05) is 37.3 Å². The molecule has 2 amide bonds. The Hall–Kier alpha value is -3.68. The first-order valence-electron chi connectivity index (χ1n) is 10.5. The first-order chi connectivity index (χ1) is 15.5. The number of hydrogen-bond donors (Lipinski definition) is 2. The molecule has 0 bridgehead atoms. The van der Waals surface area contributed by atoms with Crippen LogP contribution in [0.15, 0.2) is 48.0 Å². The number of benzene rings is 2. The predicted octanol–water partition coefficient (Wildman–Crippen LogP) is 3.82. The molecule has 1 aliphatic rings. The molecule has 1 aliphatic heterocycles. The van der Waals surface area contributed by atoms with Crippen LogP contribution >= 0.6 is 0 Å². The van der Waals surface area contributed by atoms with Crippen LogP contribution in [0.3, 0.4) is 0 Å². The Balaban J connectivity index is 2.19. The lowest BCUT2D eigenvalue weighted by atomic mass is 9.92. The van der Waals surface area contributed by atoms with E-state index in [1.807, 2.05) is 37.3 Å². The second-order valence-corrected chi connectivity index (χ2v) is 7.01. The Labute approximate surface area is 187 Å². The summed E-state index contributed by atoms with van der Waals surface area (Å²) in [6, 6.07) is 11.4. The van der Waals surface area contributed by atoms with E-state index in [0.717, 1.165) is 6.42 Å². The Morgan fingerprint density at radius 1 is 1.03 bits per heavy atom. The molecule has 0 aliphatic carbocycles. The number of nitrogens with one attached hydrogen (secondary N) is 2. The number of carbonyl (C=O) groups is 2. The highest BCUT2D eigenvalue weighted by molar-refractivity contribution is 6.04. The van der Waals surface area contributed by atoms with Crippen molar-refractivity contribution in [2.45, 2.75) is 26.3 Å². The molecule has 2 N–H and O–H groups in total. The van der Waals surface area contributed by atoms with Gasteiger partial charge in [-0.25, -0.2) is 9.59 Å². The highest BCUT2D eigenvalue weighted by atomic mass is 16.5. The van der Waals surface area contributed by atoms with E-state index >= 15 is 0 Å². The molecular formula is C24H28N2O6. The Bertz CT molecular complexity index is 978. The first kappa shape index (κ1) is 23.0. The van der Waals surface area contributed by atoms with E-state index in [9.17, 15) is 9.59 Å². The third-order valence-corrected chi connectivity index (χ3v) is 4.90. The zero-order valence-electron chi connectivity index (χ0n) is 18.7. The summed E-state index contributed by atoms with van der Waals surface area (Å²) in [5, 5.41) is 5.59. The number of amides is 2. The molecule has 1 unspecified atom stereocenters. The maximum atomic E-state index is 13.0. The summed E-state index contributed by atoms with van der Waals surface area (Å²) in [6.07, 6.45) is 0.814. The molecule has 32 heavy (non-hydrogen) atoms. The van der Waals surface area contributed by atoms with Crippen molar-refractivity contribution < 1.29 is 28.5 Å². The molecule has 3 rings (SSSR count). The van der Waals surface area contributed by atoms with Gasteiger partial charge in [-0.3, -0.25) is 0 Å². The number of ether oxygens (including phenoxy) is 4.